The first-order valence-electron chi connectivity index (χ1n) is 10.6. The number of H-pyrrole nitrogens is 2. The number of amidine groups is 1. The van der Waals surface area contributed by atoms with Gasteiger partial charge in [-0.3, -0.25) is 10.1 Å². The molecule has 0 saturated heterocycles. The molecule has 0 aliphatic carbocycles. The number of aromatic nitrogens is 4. The summed E-state index contributed by atoms with van der Waals surface area (Å²) in [6.45, 7) is 6.21. The van der Waals surface area contributed by atoms with Crippen molar-refractivity contribution in [3.63, 3.8) is 0 Å². The summed E-state index contributed by atoms with van der Waals surface area (Å²) in [6.07, 6.45) is 9.33. The van der Waals surface area contributed by atoms with E-state index in [9.17, 15) is 0 Å². The van der Waals surface area contributed by atoms with Crippen molar-refractivity contribution in [3.05, 3.63) is 90.7 Å². The lowest BCUT2D eigenvalue weighted by Crippen LogP contribution is -2.09. The molecule has 7 heteroatoms. The molecule has 0 saturated carbocycles. The van der Waals surface area contributed by atoms with Crippen LogP contribution >= 0.6 is 0 Å². The molecule has 4 aromatic rings. The summed E-state index contributed by atoms with van der Waals surface area (Å²) in [6, 6.07) is 14.7. The third-order valence-electron chi connectivity index (χ3n) is 5.63. The molecule has 0 amide bonds. The SMILES string of the molecule is C=C(Nc1cccc(CCC2N=C(Nc3ccc4[nH]ncc4c3)C=C2C)c1)c1c[nH]cn1. The molecule has 1 aliphatic heterocycles. The Labute approximate surface area is 186 Å². The van der Waals surface area contributed by atoms with Crippen molar-refractivity contribution in [2.45, 2.75) is 25.8 Å². The smallest absolute Gasteiger partial charge is 0.125 e. The monoisotopic (exact) mass is 423 g/mol. The molecule has 2 aromatic heterocycles. The maximum atomic E-state index is 4.90. The van der Waals surface area contributed by atoms with Crippen LogP contribution in [0.1, 0.15) is 24.6 Å². The molecule has 1 aliphatic rings. The summed E-state index contributed by atoms with van der Waals surface area (Å²) < 4.78 is 0. The van der Waals surface area contributed by atoms with Crippen LogP contribution in [0.2, 0.25) is 0 Å². The normalized spacial score (nSPS) is 15.5. The van der Waals surface area contributed by atoms with E-state index in [1.807, 2.05) is 30.6 Å². The second kappa shape index (κ2) is 8.55. The molecule has 0 spiro atoms. The van der Waals surface area contributed by atoms with Gasteiger partial charge in [-0.2, -0.15) is 5.10 Å². The molecular formula is C25H25N7. The van der Waals surface area contributed by atoms with E-state index in [2.05, 4.69) is 74.6 Å². The summed E-state index contributed by atoms with van der Waals surface area (Å²) in [7, 11) is 0. The van der Waals surface area contributed by atoms with Gasteiger partial charge in [0.05, 0.1) is 29.8 Å². The molecule has 2 aromatic carbocycles. The van der Waals surface area contributed by atoms with Crippen molar-refractivity contribution < 1.29 is 0 Å². The van der Waals surface area contributed by atoms with Crippen molar-refractivity contribution in [1.29, 1.82) is 0 Å². The number of hydrogen-bond acceptors (Lipinski definition) is 5. The first kappa shape index (κ1) is 19.8. The van der Waals surface area contributed by atoms with E-state index in [-0.39, 0.29) is 6.04 Å². The van der Waals surface area contributed by atoms with Gasteiger partial charge >= 0.3 is 0 Å². The fourth-order valence-corrected chi connectivity index (χ4v) is 3.92. The zero-order valence-corrected chi connectivity index (χ0v) is 17.9. The fourth-order valence-electron chi connectivity index (χ4n) is 3.92. The van der Waals surface area contributed by atoms with E-state index in [1.54, 1.807) is 6.33 Å². The Bertz CT molecular complexity index is 1310. The number of aryl methyl sites for hydroxylation is 1. The summed E-state index contributed by atoms with van der Waals surface area (Å²) >= 11 is 0. The van der Waals surface area contributed by atoms with E-state index in [0.29, 0.717) is 0 Å². The van der Waals surface area contributed by atoms with Gasteiger partial charge in [-0.25, -0.2) is 4.98 Å². The van der Waals surface area contributed by atoms with Crippen LogP contribution in [-0.4, -0.2) is 32.0 Å². The molecule has 7 nitrogen and oxygen atoms in total. The highest BCUT2D eigenvalue weighted by Gasteiger charge is 2.17. The second-order valence-electron chi connectivity index (χ2n) is 8.01. The summed E-state index contributed by atoms with van der Waals surface area (Å²) in [5.41, 5.74) is 7.17. The summed E-state index contributed by atoms with van der Waals surface area (Å²) in [4.78, 5) is 12.1. The van der Waals surface area contributed by atoms with Crippen molar-refractivity contribution in [1.82, 2.24) is 20.2 Å². The van der Waals surface area contributed by atoms with Gasteiger partial charge in [0.25, 0.3) is 0 Å². The highest BCUT2D eigenvalue weighted by Crippen LogP contribution is 2.24. The van der Waals surface area contributed by atoms with E-state index in [0.717, 1.165) is 52.3 Å². The number of aromatic amines is 2. The highest BCUT2D eigenvalue weighted by atomic mass is 15.1. The Balaban J connectivity index is 1.20. The first-order valence-corrected chi connectivity index (χ1v) is 10.6. The zero-order valence-electron chi connectivity index (χ0n) is 17.9. The number of fused-ring (bicyclic) bond motifs is 1. The van der Waals surface area contributed by atoms with Crippen molar-refractivity contribution in [3.8, 4) is 0 Å². The van der Waals surface area contributed by atoms with Crippen molar-refractivity contribution in [2.75, 3.05) is 10.6 Å². The Morgan fingerprint density at radius 3 is 2.97 bits per heavy atom. The highest BCUT2D eigenvalue weighted by molar-refractivity contribution is 6.06. The number of anilines is 2. The topological polar surface area (TPSA) is 93.8 Å². The van der Waals surface area contributed by atoms with Crippen LogP contribution in [0.15, 0.2) is 84.4 Å². The predicted molar refractivity (Wildman–Crippen MR) is 131 cm³/mol. The fraction of sp³-hybridized carbons (Fsp3) is 0.160. The molecule has 32 heavy (non-hydrogen) atoms. The van der Waals surface area contributed by atoms with Gasteiger partial charge in [0.2, 0.25) is 0 Å². The lowest BCUT2D eigenvalue weighted by molar-refractivity contribution is 0.701. The molecule has 5 rings (SSSR count). The van der Waals surface area contributed by atoms with Gasteiger partial charge in [0.1, 0.15) is 11.5 Å². The van der Waals surface area contributed by atoms with Crippen LogP contribution in [0.4, 0.5) is 11.4 Å². The van der Waals surface area contributed by atoms with Gasteiger partial charge in [-0.05, 0) is 67.3 Å². The molecular weight excluding hydrogens is 398 g/mol. The average Bonchev–Trinajstić information content (AvgIpc) is 3.54. The van der Waals surface area contributed by atoms with E-state index in [1.165, 1.54) is 11.1 Å². The predicted octanol–water partition coefficient (Wildman–Crippen LogP) is 5.14. The Morgan fingerprint density at radius 2 is 2.09 bits per heavy atom. The van der Waals surface area contributed by atoms with Crippen LogP contribution in [0, 0.1) is 0 Å². The third kappa shape index (κ3) is 4.32. The molecule has 0 radical (unpaired) electrons. The second-order valence-corrected chi connectivity index (χ2v) is 8.01. The number of nitrogens with zero attached hydrogens (tertiary/aromatic N) is 3. The van der Waals surface area contributed by atoms with Crippen LogP contribution in [0.5, 0.6) is 0 Å². The molecule has 0 bridgehead atoms. The standard InChI is InChI=1S/C25H25N7/c1-16-10-25(30-21-7-9-23-19(12-21)13-28-32-23)31-22(16)8-6-18-4-3-5-20(11-18)29-17(2)24-14-26-15-27-24/h3-5,7,9-15,22,29H,2,6,8H2,1H3,(H,26,27)(H,28,32)(H,30,31). The maximum absolute atomic E-state index is 4.90. The largest absolute Gasteiger partial charge is 0.354 e. The van der Waals surface area contributed by atoms with Crippen molar-refractivity contribution in [2.24, 2.45) is 4.99 Å². The zero-order chi connectivity index (χ0) is 21.9. The van der Waals surface area contributed by atoms with Crippen LogP contribution in [0.3, 0.4) is 0 Å². The Morgan fingerprint density at radius 1 is 1.16 bits per heavy atom. The van der Waals surface area contributed by atoms with E-state index in [4.69, 9.17) is 4.99 Å². The first-order chi connectivity index (χ1) is 15.6. The molecule has 4 N–H and O–H groups in total. The summed E-state index contributed by atoms with van der Waals surface area (Å²) in [5, 5.41) is 14.9. The molecule has 0 fully saturated rings. The van der Waals surface area contributed by atoms with Gasteiger partial charge in [0.15, 0.2) is 0 Å². The lowest BCUT2D eigenvalue weighted by atomic mass is 10.0. The van der Waals surface area contributed by atoms with Gasteiger partial charge in [-0.15, -0.1) is 0 Å². The van der Waals surface area contributed by atoms with Crippen LogP contribution in [-0.2, 0) is 6.42 Å². The van der Waals surface area contributed by atoms with E-state index < -0.39 is 0 Å². The number of aliphatic imine (C=N–C) groups is 1. The molecule has 1 unspecified atom stereocenters. The van der Waals surface area contributed by atoms with Crippen LogP contribution in [0.25, 0.3) is 16.6 Å². The number of hydrogen-bond donors (Lipinski definition) is 4. The molecule has 160 valence electrons. The number of nitrogens with one attached hydrogen (secondary N) is 4. The quantitative estimate of drug-likeness (QED) is 0.331. The molecule has 3 heterocycles. The number of benzene rings is 2. The Hall–Kier alpha value is -4.13. The van der Waals surface area contributed by atoms with Crippen LogP contribution < -0.4 is 10.6 Å². The minimum Gasteiger partial charge on any atom is -0.354 e. The van der Waals surface area contributed by atoms with Gasteiger partial charge in [0, 0.05) is 23.0 Å². The summed E-state index contributed by atoms with van der Waals surface area (Å²) in [5.74, 6) is 0.904. The van der Waals surface area contributed by atoms with Gasteiger partial charge < -0.3 is 15.6 Å². The van der Waals surface area contributed by atoms with E-state index >= 15 is 0 Å². The third-order valence-corrected chi connectivity index (χ3v) is 5.63. The van der Waals surface area contributed by atoms with Gasteiger partial charge in [-0.1, -0.05) is 18.7 Å². The minimum atomic E-state index is 0.186. The van der Waals surface area contributed by atoms with Crippen molar-refractivity contribution >= 4 is 33.8 Å². The average molecular weight is 424 g/mol. The number of rotatable bonds is 7. The molecule has 1 atom stereocenters. The Kier molecular flexibility index (Phi) is 5.29. The lowest BCUT2D eigenvalue weighted by Gasteiger charge is -2.12. The number of imidazole rings is 1. The maximum Gasteiger partial charge on any atom is 0.125 e. The minimum absolute atomic E-state index is 0.186.